The summed E-state index contributed by atoms with van der Waals surface area (Å²) < 4.78 is 0. The number of rotatable bonds is 2. The molecule has 2 aliphatic carbocycles. The first kappa shape index (κ1) is 12.7. The van der Waals surface area contributed by atoms with E-state index in [1.165, 1.54) is 40.7 Å². The van der Waals surface area contributed by atoms with E-state index >= 15 is 0 Å². The Labute approximate surface area is 120 Å². The summed E-state index contributed by atoms with van der Waals surface area (Å²) in [4.78, 5) is 0. The Hall–Kier alpha value is -1.31. The Morgan fingerprint density at radius 2 is 1.68 bits per heavy atom. The highest BCUT2D eigenvalue weighted by atomic mass is 35.5. The lowest BCUT2D eigenvalue weighted by atomic mass is 9.98. The maximum Gasteiger partial charge on any atom is 0.0323 e. The predicted octanol–water partition coefficient (Wildman–Crippen LogP) is 4.09. The molecule has 0 bridgehead atoms. The Bertz CT molecular complexity index is 616. The molecule has 0 aromatic heterocycles. The second-order valence-corrected chi connectivity index (χ2v) is 5.61. The van der Waals surface area contributed by atoms with Gasteiger partial charge in [0.2, 0.25) is 0 Å². The van der Waals surface area contributed by atoms with E-state index in [2.05, 4.69) is 42.5 Å². The smallest absolute Gasteiger partial charge is 0.0323 e. The lowest BCUT2D eigenvalue weighted by Crippen LogP contribution is -2.12. The monoisotopic (exact) mass is 271 g/mol. The minimum absolute atomic E-state index is 0. The van der Waals surface area contributed by atoms with Gasteiger partial charge >= 0.3 is 0 Å². The molecule has 0 unspecified atom stereocenters. The van der Waals surface area contributed by atoms with Gasteiger partial charge in [-0.1, -0.05) is 42.5 Å². The normalized spacial score (nSPS) is 17.3. The molecule has 0 amide bonds. The van der Waals surface area contributed by atoms with Crippen LogP contribution in [-0.2, 0) is 6.42 Å². The predicted molar refractivity (Wildman–Crippen MR) is 81.6 cm³/mol. The molecule has 1 nitrogen and oxygen atoms in total. The van der Waals surface area contributed by atoms with E-state index in [0.29, 0.717) is 0 Å². The van der Waals surface area contributed by atoms with E-state index in [4.69, 9.17) is 5.73 Å². The Morgan fingerprint density at radius 3 is 2.47 bits per heavy atom. The molecule has 0 radical (unpaired) electrons. The number of hydrogen-bond acceptors (Lipinski definition) is 1. The molecule has 2 heteroatoms. The summed E-state index contributed by atoms with van der Waals surface area (Å²) in [5, 5.41) is 0. The molecule has 0 spiro atoms. The minimum atomic E-state index is 0. The summed E-state index contributed by atoms with van der Waals surface area (Å²) >= 11 is 0. The highest BCUT2D eigenvalue weighted by molar-refractivity contribution is 5.85. The van der Waals surface area contributed by atoms with Gasteiger partial charge in [0.05, 0.1) is 0 Å². The molecule has 1 saturated carbocycles. The second kappa shape index (κ2) is 4.66. The third-order valence-electron chi connectivity index (χ3n) is 4.33. The third kappa shape index (κ3) is 2.07. The van der Waals surface area contributed by atoms with Crippen LogP contribution in [-0.4, -0.2) is 0 Å². The maximum absolute atomic E-state index is 6.30. The molecule has 0 heterocycles. The number of fused-ring (bicyclic) bond motifs is 3. The van der Waals surface area contributed by atoms with Gasteiger partial charge in [-0.15, -0.1) is 12.4 Å². The van der Waals surface area contributed by atoms with Crippen molar-refractivity contribution in [2.45, 2.75) is 25.3 Å². The second-order valence-electron chi connectivity index (χ2n) is 5.61. The van der Waals surface area contributed by atoms with E-state index < -0.39 is 0 Å². The molecule has 0 saturated heterocycles. The zero-order valence-electron chi connectivity index (χ0n) is 10.8. The summed E-state index contributed by atoms with van der Waals surface area (Å²) in [6.07, 6.45) is 3.67. The van der Waals surface area contributed by atoms with E-state index in [-0.39, 0.29) is 18.4 Å². The van der Waals surface area contributed by atoms with Crippen molar-refractivity contribution < 1.29 is 0 Å². The molecule has 2 aromatic rings. The van der Waals surface area contributed by atoms with Crippen LogP contribution in [0.2, 0.25) is 0 Å². The van der Waals surface area contributed by atoms with Crippen LogP contribution in [0.15, 0.2) is 42.5 Å². The van der Waals surface area contributed by atoms with Gasteiger partial charge in [0.1, 0.15) is 0 Å². The first-order valence-electron chi connectivity index (χ1n) is 6.79. The number of hydrogen-bond donors (Lipinski definition) is 1. The highest BCUT2D eigenvalue weighted by Crippen LogP contribution is 2.42. The molecule has 2 aromatic carbocycles. The number of nitrogens with two attached hydrogens (primary N) is 1. The summed E-state index contributed by atoms with van der Waals surface area (Å²) in [7, 11) is 0. The fraction of sp³-hybridized carbons (Fsp3) is 0.294. The van der Waals surface area contributed by atoms with Gasteiger partial charge < -0.3 is 5.73 Å². The van der Waals surface area contributed by atoms with Crippen LogP contribution in [0.5, 0.6) is 0 Å². The average molecular weight is 272 g/mol. The SMILES string of the molecule is Cl.N[C@H](c1ccc2c(c1)Cc1ccccc1-2)C1CC1. The van der Waals surface area contributed by atoms with Gasteiger partial charge in [-0.05, 0) is 53.0 Å². The average Bonchev–Trinajstić information content (AvgIpc) is 3.18. The van der Waals surface area contributed by atoms with Crippen molar-refractivity contribution in [1.29, 1.82) is 0 Å². The van der Waals surface area contributed by atoms with E-state index in [1.54, 1.807) is 0 Å². The molecule has 98 valence electrons. The summed E-state index contributed by atoms with van der Waals surface area (Å²) in [6.45, 7) is 0. The Balaban J connectivity index is 0.00000110. The van der Waals surface area contributed by atoms with Crippen molar-refractivity contribution >= 4 is 12.4 Å². The van der Waals surface area contributed by atoms with Gasteiger partial charge in [0, 0.05) is 6.04 Å². The largest absolute Gasteiger partial charge is 0.324 e. The van der Waals surface area contributed by atoms with Gasteiger partial charge in [0.15, 0.2) is 0 Å². The minimum Gasteiger partial charge on any atom is -0.324 e. The van der Waals surface area contributed by atoms with Gasteiger partial charge in [-0.3, -0.25) is 0 Å². The van der Waals surface area contributed by atoms with Crippen molar-refractivity contribution in [2.75, 3.05) is 0 Å². The standard InChI is InChI=1S/C17H17N.ClH/c18-17(11-5-6-11)13-7-8-16-14(10-13)9-12-3-1-2-4-15(12)16;/h1-4,7-8,10-11,17H,5-6,9,18H2;1H/t17-;/m0./s1. The third-order valence-corrected chi connectivity index (χ3v) is 4.33. The molecular formula is C17H18ClN. The van der Waals surface area contributed by atoms with Crippen molar-refractivity contribution in [3.05, 3.63) is 59.2 Å². The molecule has 2 N–H and O–H groups in total. The fourth-order valence-corrected chi connectivity index (χ4v) is 3.10. The Morgan fingerprint density at radius 1 is 0.947 bits per heavy atom. The van der Waals surface area contributed by atoms with Crippen LogP contribution in [0.3, 0.4) is 0 Å². The summed E-state index contributed by atoms with van der Waals surface area (Å²) in [6, 6.07) is 15.8. The van der Waals surface area contributed by atoms with E-state index in [9.17, 15) is 0 Å². The van der Waals surface area contributed by atoms with E-state index in [1.807, 2.05) is 0 Å². The topological polar surface area (TPSA) is 26.0 Å². The Kier molecular flexibility index (Phi) is 3.12. The highest BCUT2D eigenvalue weighted by Gasteiger charge is 2.30. The quantitative estimate of drug-likeness (QED) is 0.746. The molecule has 1 atom stereocenters. The van der Waals surface area contributed by atoms with Gasteiger partial charge in [0.25, 0.3) is 0 Å². The zero-order valence-corrected chi connectivity index (χ0v) is 11.6. The molecule has 1 fully saturated rings. The number of benzene rings is 2. The van der Waals surface area contributed by atoms with Crippen molar-refractivity contribution in [3.8, 4) is 11.1 Å². The molecular weight excluding hydrogens is 254 g/mol. The lowest BCUT2D eigenvalue weighted by molar-refractivity contribution is 0.633. The fourth-order valence-electron chi connectivity index (χ4n) is 3.10. The van der Waals surface area contributed by atoms with Gasteiger partial charge in [-0.25, -0.2) is 0 Å². The van der Waals surface area contributed by atoms with Crippen LogP contribution in [0, 0.1) is 5.92 Å². The van der Waals surface area contributed by atoms with Gasteiger partial charge in [-0.2, -0.15) is 0 Å². The van der Waals surface area contributed by atoms with Crippen molar-refractivity contribution in [3.63, 3.8) is 0 Å². The van der Waals surface area contributed by atoms with Crippen molar-refractivity contribution in [1.82, 2.24) is 0 Å². The van der Waals surface area contributed by atoms with Crippen LogP contribution >= 0.6 is 12.4 Å². The van der Waals surface area contributed by atoms with Crippen LogP contribution in [0.4, 0.5) is 0 Å². The zero-order chi connectivity index (χ0) is 12.1. The maximum atomic E-state index is 6.30. The van der Waals surface area contributed by atoms with Crippen molar-refractivity contribution in [2.24, 2.45) is 11.7 Å². The van der Waals surface area contributed by atoms with Crippen LogP contribution in [0.1, 0.15) is 35.6 Å². The number of halogens is 1. The molecule has 2 aliphatic rings. The summed E-state index contributed by atoms with van der Waals surface area (Å²) in [5.74, 6) is 0.729. The molecule has 4 rings (SSSR count). The summed E-state index contributed by atoms with van der Waals surface area (Å²) in [5.41, 5.74) is 13.3. The first-order valence-corrected chi connectivity index (χ1v) is 6.79. The molecule has 19 heavy (non-hydrogen) atoms. The lowest BCUT2D eigenvalue weighted by Gasteiger charge is -2.12. The first-order chi connectivity index (χ1) is 8.83. The van der Waals surface area contributed by atoms with Crippen LogP contribution in [0.25, 0.3) is 11.1 Å². The van der Waals surface area contributed by atoms with Crippen LogP contribution < -0.4 is 5.73 Å². The molecule has 0 aliphatic heterocycles. The van der Waals surface area contributed by atoms with E-state index in [0.717, 1.165) is 12.3 Å².